The smallest absolute Gasteiger partial charge is 0.314 e. The summed E-state index contributed by atoms with van der Waals surface area (Å²) in [6, 6.07) is 7.85. The highest BCUT2D eigenvalue weighted by Gasteiger charge is 2.37. The number of carbonyl (C=O) groups excluding carboxylic acids is 2. The first kappa shape index (κ1) is 16.7. The van der Waals surface area contributed by atoms with Crippen LogP contribution in [0.15, 0.2) is 30.3 Å². The molecule has 0 aromatic heterocycles. The number of carboxylic acid groups (broad SMARTS) is 1. The van der Waals surface area contributed by atoms with Gasteiger partial charge < -0.3 is 15.7 Å². The molecule has 0 aliphatic carbocycles. The molecule has 6 nitrogen and oxygen atoms in total. The maximum Gasteiger partial charge on any atom is 0.314 e. The van der Waals surface area contributed by atoms with E-state index in [1.54, 1.807) is 30.3 Å². The molecule has 1 aromatic carbocycles. The number of rotatable bonds is 6. The van der Waals surface area contributed by atoms with Crippen LogP contribution in [-0.4, -0.2) is 36.0 Å². The van der Waals surface area contributed by atoms with Gasteiger partial charge in [0, 0.05) is 13.5 Å². The number of carboxylic acids is 1. The minimum absolute atomic E-state index is 0.242. The first-order valence-electron chi connectivity index (χ1n) is 6.61. The average Bonchev–Trinajstić information content (AvgIpc) is 2.46. The summed E-state index contributed by atoms with van der Waals surface area (Å²) in [7, 11) is 1.47. The van der Waals surface area contributed by atoms with E-state index in [1.807, 2.05) is 0 Å². The Kier molecular flexibility index (Phi) is 5.46. The molecule has 6 heteroatoms. The lowest BCUT2D eigenvalue weighted by Gasteiger charge is -2.25. The van der Waals surface area contributed by atoms with Crippen LogP contribution in [0.5, 0.6) is 0 Å². The molecule has 2 unspecified atom stereocenters. The van der Waals surface area contributed by atoms with Crippen LogP contribution >= 0.6 is 0 Å². The molecule has 0 saturated carbocycles. The second-order valence-electron chi connectivity index (χ2n) is 5.08. The van der Waals surface area contributed by atoms with Gasteiger partial charge in [0.25, 0.3) is 0 Å². The molecule has 0 heterocycles. The summed E-state index contributed by atoms with van der Waals surface area (Å²) in [6.45, 7) is 3.03. The van der Waals surface area contributed by atoms with Crippen LogP contribution in [0, 0.1) is 0 Å². The fourth-order valence-corrected chi connectivity index (χ4v) is 2.00. The zero-order chi connectivity index (χ0) is 16.0. The third kappa shape index (κ3) is 4.05. The van der Waals surface area contributed by atoms with Crippen LogP contribution in [0.3, 0.4) is 0 Å². The van der Waals surface area contributed by atoms with E-state index in [0.29, 0.717) is 5.56 Å². The maximum absolute atomic E-state index is 12.0. The number of hydrogen-bond acceptors (Lipinski definition) is 3. The molecule has 0 radical (unpaired) electrons. The zero-order valence-electron chi connectivity index (χ0n) is 12.3. The number of aliphatic carboxylic acids is 1. The minimum Gasteiger partial charge on any atom is -0.481 e. The average molecular weight is 292 g/mol. The Morgan fingerprint density at radius 2 is 1.81 bits per heavy atom. The van der Waals surface area contributed by atoms with Crippen LogP contribution in [0.2, 0.25) is 0 Å². The van der Waals surface area contributed by atoms with Gasteiger partial charge in [-0.3, -0.25) is 14.4 Å². The molecule has 3 N–H and O–H groups in total. The van der Waals surface area contributed by atoms with Crippen molar-refractivity contribution in [3.63, 3.8) is 0 Å². The summed E-state index contributed by atoms with van der Waals surface area (Å²) >= 11 is 0. The summed E-state index contributed by atoms with van der Waals surface area (Å²) in [5.74, 6) is -1.91. The van der Waals surface area contributed by atoms with Gasteiger partial charge in [-0.05, 0) is 19.4 Å². The second kappa shape index (κ2) is 6.88. The molecule has 0 fully saturated rings. The lowest BCUT2D eigenvalue weighted by Crippen LogP contribution is -2.46. The first-order valence-corrected chi connectivity index (χ1v) is 6.61. The number of likely N-dealkylation sites (N-methyl/N-ethyl adjacent to an activating group) is 1. The molecule has 2 amide bonds. The summed E-state index contributed by atoms with van der Waals surface area (Å²) in [5, 5.41) is 14.4. The van der Waals surface area contributed by atoms with E-state index < -0.39 is 23.3 Å². The molecule has 1 rings (SSSR count). The van der Waals surface area contributed by atoms with Crippen molar-refractivity contribution in [1.29, 1.82) is 0 Å². The third-order valence-corrected chi connectivity index (χ3v) is 3.41. The standard InChI is InChI=1S/C15H20N2O4/c1-10(13(19)16-3)17-12(18)9-15(2,14(20)21)11-7-5-4-6-8-11/h4-8,10H,9H2,1-3H3,(H,16,19)(H,17,18)(H,20,21). The van der Waals surface area contributed by atoms with E-state index in [9.17, 15) is 19.5 Å². The van der Waals surface area contributed by atoms with Crippen molar-refractivity contribution >= 4 is 17.8 Å². The molecular weight excluding hydrogens is 272 g/mol. The third-order valence-electron chi connectivity index (χ3n) is 3.41. The highest BCUT2D eigenvalue weighted by Crippen LogP contribution is 2.28. The summed E-state index contributed by atoms with van der Waals surface area (Å²) in [6.07, 6.45) is -0.242. The van der Waals surface area contributed by atoms with Gasteiger partial charge in [-0.25, -0.2) is 0 Å². The molecule has 21 heavy (non-hydrogen) atoms. The van der Waals surface area contributed by atoms with E-state index in [4.69, 9.17) is 0 Å². The fraction of sp³-hybridized carbons (Fsp3) is 0.400. The fourth-order valence-electron chi connectivity index (χ4n) is 2.00. The molecule has 1 aromatic rings. The number of amides is 2. The van der Waals surface area contributed by atoms with Gasteiger partial charge in [0.15, 0.2) is 0 Å². The Bertz CT molecular complexity index is 530. The molecule has 0 spiro atoms. The van der Waals surface area contributed by atoms with E-state index in [0.717, 1.165) is 0 Å². The molecule has 0 saturated heterocycles. The van der Waals surface area contributed by atoms with E-state index in [1.165, 1.54) is 20.9 Å². The highest BCUT2D eigenvalue weighted by atomic mass is 16.4. The quantitative estimate of drug-likeness (QED) is 0.718. The Labute approximate surface area is 123 Å². The number of benzene rings is 1. The van der Waals surface area contributed by atoms with Crippen molar-refractivity contribution in [3.05, 3.63) is 35.9 Å². The Morgan fingerprint density at radius 3 is 2.29 bits per heavy atom. The minimum atomic E-state index is -1.34. The van der Waals surface area contributed by atoms with Crippen LogP contribution in [0.25, 0.3) is 0 Å². The summed E-state index contributed by atoms with van der Waals surface area (Å²) in [4.78, 5) is 35.0. The number of hydrogen-bond donors (Lipinski definition) is 3. The van der Waals surface area contributed by atoms with Gasteiger partial charge in [0.1, 0.15) is 6.04 Å². The first-order chi connectivity index (χ1) is 9.81. The summed E-state index contributed by atoms with van der Waals surface area (Å²) < 4.78 is 0. The molecule has 0 bridgehead atoms. The SMILES string of the molecule is CNC(=O)C(C)NC(=O)CC(C)(C(=O)O)c1ccccc1. The topological polar surface area (TPSA) is 95.5 Å². The van der Waals surface area contributed by atoms with Crippen molar-refractivity contribution in [2.75, 3.05) is 7.05 Å². The predicted octanol–water partition coefficient (Wildman–Crippen LogP) is 0.670. The summed E-state index contributed by atoms with van der Waals surface area (Å²) in [5.41, 5.74) is -0.798. The van der Waals surface area contributed by atoms with Gasteiger partial charge in [-0.2, -0.15) is 0 Å². The lowest BCUT2D eigenvalue weighted by molar-refractivity contribution is -0.145. The van der Waals surface area contributed by atoms with Crippen molar-refractivity contribution in [3.8, 4) is 0 Å². The van der Waals surface area contributed by atoms with Gasteiger partial charge in [-0.1, -0.05) is 30.3 Å². The van der Waals surface area contributed by atoms with Crippen LogP contribution in [-0.2, 0) is 19.8 Å². The molecular formula is C15H20N2O4. The Morgan fingerprint density at radius 1 is 1.24 bits per heavy atom. The number of nitrogens with one attached hydrogen (secondary N) is 2. The zero-order valence-corrected chi connectivity index (χ0v) is 12.3. The van der Waals surface area contributed by atoms with Gasteiger partial charge in [-0.15, -0.1) is 0 Å². The van der Waals surface area contributed by atoms with E-state index in [-0.39, 0.29) is 12.3 Å². The number of carbonyl (C=O) groups is 3. The molecule has 114 valence electrons. The van der Waals surface area contributed by atoms with Crippen LogP contribution in [0.4, 0.5) is 0 Å². The Balaban J connectivity index is 2.87. The normalized spacial score (nSPS) is 14.6. The van der Waals surface area contributed by atoms with Gasteiger partial charge >= 0.3 is 5.97 Å². The lowest BCUT2D eigenvalue weighted by atomic mass is 9.79. The predicted molar refractivity (Wildman–Crippen MR) is 77.7 cm³/mol. The van der Waals surface area contributed by atoms with E-state index >= 15 is 0 Å². The molecule has 0 aliphatic heterocycles. The van der Waals surface area contributed by atoms with Gasteiger partial charge in [0.2, 0.25) is 11.8 Å². The van der Waals surface area contributed by atoms with Crippen molar-refractivity contribution in [2.45, 2.75) is 31.7 Å². The van der Waals surface area contributed by atoms with Crippen molar-refractivity contribution in [1.82, 2.24) is 10.6 Å². The Hall–Kier alpha value is -2.37. The van der Waals surface area contributed by atoms with E-state index in [2.05, 4.69) is 10.6 Å². The maximum atomic E-state index is 12.0. The van der Waals surface area contributed by atoms with Crippen molar-refractivity contribution < 1.29 is 19.5 Å². The molecule has 0 aliphatic rings. The largest absolute Gasteiger partial charge is 0.481 e. The van der Waals surface area contributed by atoms with Crippen molar-refractivity contribution in [2.24, 2.45) is 0 Å². The van der Waals surface area contributed by atoms with Crippen LogP contribution < -0.4 is 10.6 Å². The molecule has 2 atom stereocenters. The highest BCUT2D eigenvalue weighted by molar-refractivity contribution is 5.91. The second-order valence-corrected chi connectivity index (χ2v) is 5.08. The van der Waals surface area contributed by atoms with Gasteiger partial charge in [0.05, 0.1) is 5.41 Å². The van der Waals surface area contributed by atoms with Crippen LogP contribution in [0.1, 0.15) is 25.8 Å². The monoisotopic (exact) mass is 292 g/mol.